The molecule has 1 aromatic carbocycles. The van der Waals surface area contributed by atoms with Gasteiger partial charge in [0.15, 0.2) is 11.5 Å². The molecule has 1 atom stereocenters. The van der Waals surface area contributed by atoms with Crippen LogP contribution >= 0.6 is 0 Å². The highest BCUT2D eigenvalue weighted by Gasteiger charge is 2.48. The van der Waals surface area contributed by atoms with Gasteiger partial charge in [-0.2, -0.15) is 0 Å². The van der Waals surface area contributed by atoms with Crippen LogP contribution < -0.4 is 15.2 Å². The van der Waals surface area contributed by atoms with E-state index in [1.807, 2.05) is 13.8 Å². The molecule has 3 rings (SSSR count). The summed E-state index contributed by atoms with van der Waals surface area (Å²) in [5.74, 6) is -1.58. The fourth-order valence-corrected chi connectivity index (χ4v) is 2.41. The number of benzene rings is 1. The molecule has 7 nitrogen and oxygen atoms in total. The van der Waals surface area contributed by atoms with Crippen LogP contribution in [-0.2, 0) is 20.8 Å². The third-order valence-electron chi connectivity index (χ3n) is 5.17. The van der Waals surface area contributed by atoms with Crippen molar-refractivity contribution in [2.24, 2.45) is 16.6 Å². The summed E-state index contributed by atoms with van der Waals surface area (Å²) in [6.07, 6.45) is 3.11. The van der Waals surface area contributed by atoms with Crippen molar-refractivity contribution in [2.45, 2.75) is 52.0 Å². The highest BCUT2D eigenvalue weighted by Crippen LogP contribution is 2.48. The monoisotopic (exact) mass is 361 g/mol. The molecule has 0 unspecified atom stereocenters. The molecule has 2 aliphatic rings. The molecular formula is C19H23NO6. The Morgan fingerprint density at radius 3 is 2.00 bits per heavy atom. The summed E-state index contributed by atoms with van der Waals surface area (Å²) in [6.45, 7) is 3.64. The van der Waals surface area contributed by atoms with Gasteiger partial charge in [0.1, 0.15) is 6.04 Å². The van der Waals surface area contributed by atoms with Crippen molar-refractivity contribution in [3.63, 3.8) is 0 Å². The third-order valence-corrected chi connectivity index (χ3v) is 5.17. The maximum absolute atomic E-state index is 12.3. The Kier molecular flexibility index (Phi) is 4.52. The summed E-state index contributed by atoms with van der Waals surface area (Å²) >= 11 is 0. The van der Waals surface area contributed by atoms with Crippen LogP contribution in [0.3, 0.4) is 0 Å². The SMILES string of the molecule is CC1(C(=O)Oc2ccc(C[C@H](N)C(=O)O)cc2OC(=O)C2(C)CC2)CC1. The molecule has 1 aromatic rings. The third kappa shape index (κ3) is 3.88. The van der Waals surface area contributed by atoms with Crippen molar-refractivity contribution >= 4 is 17.9 Å². The van der Waals surface area contributed by atoms with E-state index in [0.29, 0.717) is 5.56 Å². The molecule has 7 heteroatoms. The Balaban J connectivity index is 1.82. The van der Waals surface area contributed by atoms with E-state index in [-0.39, 0.29) is 29.9 Å². The molecule has 26 heavy (non-hydrogen) atoms. The number of esters is 2. The van der Waals surface area contributed by atoms with Crippen molar-refractivity contribution in [2.75, 3.05) is 0 Å². The quantitative estimate of drug-likeness (QED) is 0.564. The zero-order valence-electron chi connectivity index (χ0n) is 14.9. The Morgan fingerprint density at radius 2 is 1.54 bits per heavy atom. The topological polar surface area (TPSA) is 116 Å². The first kappa shape index (κ1) is 18.4. The van der Waals surface area contributed by atoms with Crippen LogP contribution in [0.2, 0.25) is 0 Å². The molecule has 0 heterocycles. The van der Waals surface area contributed by atoms with Gasteiger partial charge < -0.3 is 20.3 Å². The average Bonchev–Trinajstić information content (AvgIpc) is 3.49. The van der Waals surface area contributed by atoms with Crippen molar-refractivity contribution in [1.82, 2.24) is 0 Å². The van der Waals surface area contributed by atoms with Gasteiger partial charge in [-0.25, -0.2) is 0 Å². The molecule has 0 aliphatic heterocycles. The van der Waals surface area contributed by atoms with Gasteiger partial charge in [0.05, 0.1) is 10.8 Å². The van der Waals surface area contributed by atoms with Crippen LogP contribution in [0, 0.1) is 10.8 Å². The number of hydrogen-bond donors (Lipinski definition) is 2. The van der Waals surface area contributed by atoms with Crippen molar-refractivity contribution in [3.8, 4) is 11.5 Å². The number of carbonyl (C=O) groups excluding carboxylic acids is 2. The van der Waals surface area contributed by atoms with E-state index >= 15 is 0 Å². The Morgan fingerprint density at radius 1 is 1.04 bits per heavy atom. The van der Waals surface area contributed by atoms with Gasteiger partial charge in [-0.15, -0.1) is 0 Å². The number of rotatable bonds is 7. The van der Waals surface area contributed by atoms with Crippen LogP contribution in [0.25, 0.3) is 0 Å². The van der Waals surface area contributed by atoms with E-state index in [2.05, 4.69) is 0 Å². The lowest BCUT2D eigenvalue weighted by Crippen LogP contribution is -2.32. The summed E-state index contributed by atoms with van der Waals surface area (Å²) in [4.78, 5) is 35.5. The minimum Gasteiger partial charge on any atom is -0.480 e. The largest absolute Gasteiger partial charge is 0.480 e. The van der Waals surface area contributed by atoms with Crippen LogP contribution in [0.5, 0.6) is 11.5 Å². The molecule has 0 bridgehead atoms. The fourth-order valence-electron chi connectivity index (χ4n) is 2.41. The lowest BCUT2D eigenvalue weighted by Gasteiger charge is -2.16. The molecule has 2 aliphatic carbocycles. The predicted molar refractivity (Wildman–Crippen MR) is 91.7 cm³/mol. The van der Waals surface area contributed by atoms with Crippen molar-refractivity contribution in [1.29, 1.82) is 0 Å². The van der Waals surface area contributed by atoms with E-state index in [1.165, 1.54) is 12.1 Å². The number of ether oxygens (including phenoxy) is 2. The van der Waals surface area contributed by atoms with Gasteiger partial charge in [0.25, 0.3) is 0 Å². The van der Waals surface area contributed by atoms with Gasteiger partial charge in [-0.05, 0) is 63.6 Å². The molecule has 0 saturated heterocycles. The standard InChI is InChI=1S/C19H23NO6/c1-18(5-6-18)16(23)25-13-4-3-11(9-12(20)15(21)22)10-14(13)26-17(24)19(2)7-8-19/h3-4,10,12H,5-9,20H2,1-2H3,(H,21,22)/t12-/m0/s1. The van der Waals surface area contributed by atoms with Gasteiger partial charge in [0, 0.05) is 0 Å². The number of nitrogens with two attached hydrogens (primary N) is 1. The number of hydrogen-bond acceptors (Lipinski definition) is 6. The van der Waals surface area contributed by atoms with E-state index in [9.17, 15) is 14.4 Å². The molecular weight excluding hydrogens is 338 g/mol. The lowest BCUT2D eigenvalue weighted by molar-refractivity contribution is -0.142. The first-order chi connectivity index (χ1) is 12.1. The number of carboxylic acids is 1. The van der Waals surface area contributed by atoms with E-state index in [4.69, 9.17) is 20.3 Å². The maximum atomic E-state index is 12.3. The Bertz CT molecular complexity index is 763. The van der Waals surface area contributed by atoms with Crippen LogP contribution in [0.15, 0.2) is 18.2 Å². The molecule has 140 valence electrons. The minimum absolute atomic E-state index is 0.0725. The Hall–Kier alpha value is -2.41. The van der Waals surface area contributed by atoms with Crippen LogP contribution in [0.1, 0.15) is 45.1 Å². The minimum atomic E-state index is -1.12. The normalized spacial score (nSPS) is 20.0. The van der Waals surface area contributed by atoms with Gasteiger partial charge in [0.2, 0.25) is 0 Å². The molecule has 0 aromatic heterocycles. The van der Waals surface area contributed by atoms with E-state index in [1.54, 1.807) is 6.07 Å². The van der Waals surface area contributed by atoms with Gasteiger partial charge in [-0.3, -0.25) is 14.4 Å². The molecule has 2 saturated carbocycles. The second kappa shape index (κ2) is 6.39. The highest BCUT2D eigenvalue weighted by molar-refractivity contribution is 5.84. The first-order valence-corrected chi connectivity index (χ1v) is 8.69. The average molecular weight is 361 g/mol. The molecule has 0 spiro atoms. The van der Waals surface area contributed by atoms with Crippen molar-refractivity contribution in [3.05, 3.63) is 23.8 Å². The van der Waals surface area contributed by atoms with Gasteiger partial charge in [-0.1, -0.05) is 6.07 Å². The van der Waals surface area contributed by atoms with Gasteiger partial charge >= 0.3 is 17.9 Å². The molecule has 2 fully saturated rings. The smallest absolute Gasteiger partial charge is 0.320 e. The summed E-state index contributed by atoms with van der Waals surface area (Å²) in [5.41, 5.74) is 5.17. The molecule has 0 amide bonds. The van der Waals surface area contributed by atoms with Crippen LogP contribution in [-0.4, -0.2) is 29.1 Å². The molecule has 3 N–H and O–H groups in total. The summed E-state index contributed by atoms with van der Waals surface area (Å²) in [6, 6.07) is 3.59. The summed E-state index contributed by atoms with van der Waals surface area (Å²) in [7, 11) is 0. The highest BCUT2D eigenvalue weighted by atomic mass is 16.6. The van der Waals surface area contributed by atoms with E-state index < -0.39 is 22.8 Å². The lowest BCUT2D eigenvalue weighted by atomic mass is 10.1. The zero-order valence-corrected chi connectivity index (χ0v) is 14.9. The maximum Gasteiger partial charge on any atom is 0.320 e. The molecule has 0 radical (unpaired) electrons. The number of aliphatic carboxylic acids is 1. The zero-order chi connectivity index (χ0) is 19.1. The van der Waals surface area contributed by atoms with Crippen LogP contribution in [0.4, 0.5) is 0 Å². The van der Waals surface area contributed by atoms with E-state index in [0.717, 1.165) is 25.7 Å². The number of carbonyl (C=O) groups is 3. The first-order valence-electron chi connectivity index (χ1n) is 8.69. The fraction of sp³-hybridized carbons (Fsp3) is 0.526. The Labute approximate surface area is 151 Å². The second-order valence-corrected chi connectivity index (χ2v) is 7.83. The second-order valence-electron chi connectivity index (χ2n) is 7.83. The van der Waals surface area contributed by atoms with Crippen molar-refractivity contribution < 1.29 is 29.0 Å². The number of carboxylic acid groups (broad SMARTS) is 1. The summed E-state index contributed by atoms with van der Waals surface area (Å²) in [5, 5.41) is 8.96. The summed E-state index contributed by atoms with van der Waals surface area (Å²) < 4.78 is 10.9. The predicted octanol–water partition coefficient (Wildman–Crippen LogP) is 2.05.